The van der Waals surface area contributed by atoms with Gasteiger partial charge in [-0.05, 0) is 57.3 Å². The van der Waals surface area contributed by atoms with Crippen molar-refractivity contribution in [3.05, 3.63) is 42.5 Å². The Kier molecular flexibility index (Phi) is 10.7. The van der Waals surface area contributed by atoms with Gasteiger partial charge in [-0.25, -0.2) is 8.78 Å². The highest BCUT2D eigenvalue weighted by molar-refractivity contribution is 7.90. The van der Waals surface area contributed by atoms with E-state index in [4.69, 9.17) is 4.74 Å². The highest BCUT2D eigenvalue weighted by Crippen LogP contribution is 2.21. The number of unbranched alkanes of at least 4 members (excludes halogenated alkanes) is 3. The van der Waals surface area contributed by atoms with Gasteiger partial charge in [0.2, 0.25) is 0 Å². The minimum absolute atomic E-state index is 0.0413. The van der Waals surface area contributed by atoms with Gasteiger partial charge in [0, 0.05) is 25.8 Å². The maximum absolute atomic E-state index is 13.7. The molecule has 0 radical (unpaired) electrons. The summed E-state index contributed by atoms with van der Waals surface area (Å²) in [7, 11) is -3.89. The van der Waals surface area contributed by atoms with E-state index < -0.39 is 21.8 Å². The van der Waals surface area contributed by atoms with Crippen LogP contribution in [0.3, 0.4) is 0 Å². The smallest absolute Gasteiger partial charge is 0.301 e. The normalized spacial score (nSPS) is 15.9. The van der Waals surface area contributed by atoms with Gasteiger partial charge < -0.3 is 10.1 Å². The van der Waals surface area contributed by atoms with Crippen molar-refractivity contribution >= 4 is 15.9 Å². The fraction of sp³-hybridized carbons (Fsp3) is 0.619. The molecular weight excluding hydrogens is 412 g/mol. The predicted molar refractivity (Wildman–Crippen MR) is 116 cm³/mol. The van der Waals surface area contributed by atoms with Gasteiger partial charge in [-0.1, -0.05) is 18.9 Å². The van der Waals surface area contributed by atoms with Crippen molar-refractivity contribution in [3.63, 3.8) is 0 Å². The summed E-state index contributed by atoms with van der Waals surface area (Å²) in [6.07, 6.45) is 8.56. The third-order valence-corrected chi connectivity index (χ3v) is 6.56. The Bertz CT molecular complexity index is 754. The van der Waals surface area contributed by atoms with Crippen LogP contribution in [0.4, 0.5) is 14.5 Å². The van der Waals surface area contributed by atoms with E-state index in [1.54, 1.807) is 0 Å². The van der Waals surface area contributed by atoms with Gasteiger partial charge in [0.05, 0.1) is 11.8 Å². The number of hydrogen-bond acceptors (Lipinski definition) is 4. The molecule has 0 spiro atoms. The topological polar surface area (TPSA) is 70.7 Å². The van der Waals surface area contributed by atoms with E-state index in [0.717, 1.165) is 57.3 Å². The van der Waals surface area contributed by atoms with Crippen LogP contribution in [0.25, 0.3) is 0 Å². The second kappa shape index (κ2) is 13.0. The molecule has 1 aliphatic rings. The molecule has 1 aliphatic heterocycles. The largest absolute Gasteiger partial charge is 0.378 e. The second-order valence-electron chi connectivity index (χ2n) is 7.44. The number of rotatable bonds is 14. The fourth-order valence-electron chi connectivity index (χ4n) is 3.30. The Hall–Kier alpha value is -1.55. The number of piperidine rings is 1. The average molecular weight is 446 g/mol. The Morgan fingerprint density at radius 1 is 1.13 bits per heavy atom. The van der Waals surface area contributed by atoms with Crippen molar-refractivity contribution in [3.8, 4) is 0 Å². The molecule has 1 heterocycles. The average Bonchev–Trinajstić information content (AvgIpc) is 2.72. The molecule has 30 heavy (non-hydrogen) atoms. The van der Waals surface area contributed by atoms with Crippen LogP contribution in [0.5, 0.6) is 0 Å². The Morgan fingerprint density at radius 3 is 2.57 bits per heavy atom. The molecule has 2 N–H and O–H groups in total. The summed E-state index contributed by atoms with van der Waals surface area (Å²) in [5.74, 6) is -1.70. The molecule has 0 amide bonds. The number of halogens is 2. The van der Waals surface area contributed by atoms with Crippen LogP contribution in [0, 0.1) is 11.6 Å². The lowest BCUT2D eigenvalue weighted by Crippen LogP contribution is -2.43. The molecule has 2 rings (SSSR count). The van der Waals surface area contributed by atoms with Crippen molar-refractivity contribution in [1.29, 1.82) is 0 Å². The summed E-state index contributed by atoms with van der Waals surface area (Å²) in [6.45, 7) is 6.99. The lowest BCUT2D eigenvalue weighted by Gasteiger charge is -2.31. The summed E-state index contributed by atoms with van der Waals surface area (Å²) in [5, 5.41) is 3.37. The number of benzene rings is 1. The van der Waals surface area contributed by atoms with E-state index in [0.29, 0.717) is 38.6 Å². The Balaban J connectivity index is 1.59. The van der Waals surface area contributed by atoms with Crippen molar-refractivity contribution in [2.45, 2.75) is 51.0 Å². The van der Waals surface area contributed by atoms with Gasteiger partial charge in [0.1, 0.15) is 11.6 Å². The van der Waals surface area contributed by atoms with Crippen molar-refractivity contribution in [2.24, 2.45) is 0 Å². The zero-order valence-corrected chi connectivity index (χ0v) is 18.2. The van der Waals surface area contributed by atoms with Crippen LogP contribution in [-0.4, -0.2) is 51.6 Å². The molecule has 0 aromatic heterocycles. The van der Waals surface area contributed by atoms with Crippen LogP contribution < -0.4 is 10.0 Å². The van der Waals surface area contributed by atoms with Crippen LogP contribution in [0.2, 0.25) is 0 Å². The van der Waals surface area contributed by atoms with Crippen LogP contribution >= 0.6 is 0 Å². The predicted octanol–water partition coefficient (Wildman–Crippen LogP) is 3.83. The maximum Gasteiger partial charge on any atom is 0.301 e. The van der Waals surface area contributed by atoms with Crippen LogP contribution in [0.1, 0.15) is 44.9 Å². The number of nitrogens with zero attached hydrogens (tertiary/aromatic N) is 1. The Morgan fingerprint density at radius 2 is 1.87 bits per heavy atom. The first-order valence-electron chi connectivity index (χ1n) is 10.6. The third-order valence-electron chi connectivity index (χ3n) is 5.04. The van der Waals surface area contributed by atoms with Gasteiger partial charge >= 0.3 is 10.2 Å². The first-order chi connectivity index (χ1) is 14.4. The zero-order valence-electron chi connectivity index (χ0n) is 17.4. The van der Waals surface area contributed by atoms with Crippen LogP contribution in [0.15, 0.2) is 30.9 Å². The molecule has 9 heteroatoms. The molecular formula is C21H33F2N3O3S. The molecule has 0 aliphatic carbocycles. The highest BCUT2D eigenvalue weighted by Gasteiger charge is 2.29. The number of nitrogens with one attached hydrogen (secondary N) is 2. The van der Waals surface area contributed by atoms with Gasteiger partial charge in [0.25, 0.3) is 0 Å². The standard InChI is InChI=1S/C21H33F2N3O3S/c1-2-3-12-24-13-6-4-5-7-16-29-19-10-14-26(15-11-19)30(27,28)25-21-9-8-18(22)17-20(21)23/h2,8-9,17,19,24-25H,1,3-7,10-16H2. The van der Waals surface area contributed by atoms with E-state index in [9.17, 15) is 17.2 Å². The van der Waals surface area contributed by atoms with Crippen molar-refractivity contribution in [1.82, 2.24) is 9.62 Å². The van der Waals surface area contributed by atoms with Gasteiger partial charge in [0.15, 0.2) is 0 Å². The molecule has 1 aromatic rings. The lowest BCUT2D eigenvalue weighted by molar-refractivity contribution is 0.0193. The molecule has 0 bridgehead atoms. The molecule has 1 fully saturated rings. The quantitative estimate of drug-likeness (QED) is 0.337. The summed E-state index contributed by atoms with van der Waals surface area (Å²) in [5.41, 5.74) is -0.259. The minimum Gasteiger partial charge on any atom is -0.378 e. The first kappa shape index (κ1) is 24.7. The van der Waals surface area contributed by atoms with Gasteiger partial charge in [-0.2, -0.15) is 12.7 Å². The van der Waals surface area contributed by atoms with Gasteiger partial charge in [-0.3, -0.25) is 4.72 Å². The van der Waals surface area contributed by atoms with E-state index in [1.807, 2.05) is 6.08 Å². The molecule has 0 atom stereocenters. The molecule has 1 aromatic carbocycles. The highest BCUT2D eigenvalue weighted by atomic mass is 32.2. The van der Waals surface area contributed by atoms with Crippen LogP contribution in [-0.2, 0) is 14.9 Å². The molecule has 0 saturated carbocycles. The monoisotopic (exact) mass is 445 g/mol. The third kappa shape index (κ3) is 8.67. The molecule has 1 saturated heterocycles. The summed E-state index contributed by atoms with van der Waals surface area (Å²) < 4.78 is 60.9. The Labute approximate surface area is 178 Å². The van der Waals surface area contributed by atoms with E-state index in [1.165, 1.54) is 4.31 Å². The maximum atomic E-state index is 13.7. The van der Waals surface area contributed by atoms with Crippen molar-refractivity contribution in [2.75, 3.05) is 37.5 Å². The fourth-order valence-corrected chi connectivity index (χ4v) is 4.56. The minimum atomic E-state index is -3.89. The summed E-state index contributed by atoms with van der Waals surface area (Å²) >= 11 is 0. The second-order valence-corrected chi connectivity index (χ2v) is 9.11. The first-order valence-corrected chi connectivity index (χ1v) is 12.0. The number of ether oxygens (including phenoxy) is 1. The van der Waals surface area contributed by atoms with E-state index in [-0.39, 0.29) is 11.8 Å². The van der Waals surface area contributed by atoms with E-state index in [2.05, 4.69) is 16.6 Å². The molecule has 170 valence electrons. The van der Waals surface area contributed by atoms with Crippen molar-refractivity contribution < 1.29 is 21.9 Å². The lowest BCUT2D eigenvalue weighted by atomic mass is 10.1. The number of hydrogen-bond donors (Lipinski definition) is 2. The summed E-state index contributed by atoms with van der Waals surface area (Å²) in [4.78, 5) is 0. The van der Waals surface area contributed by atoms with E-state index >= 15 is 0 Å². The molecule has 0 unspecified atom stereocenters. The molecule has 6 nitrogen and oxygen atoms in total. The number of anilines is 1. The zero-order chi connectivity index (χ0) is 21.8. The van der Waals surface area contributed by atoms with Gasteiger partial charge in [-0.15, -0.1) is 6.58 Å². The summed E-state index contributed by atoms with van der Waals surface area (Å²) in [6, 6.07) is 2.74. The SMILES string of the molecule is C=CCCNCCCCCCOC1CCN(S(=O)(=O)Nc2ccc(F)cc2F)CC1.